The van der Waals surface area contributed by atoms with Gasteiger partial charge < -0.3 is 20.2 Å². The fourth-order valence-corrected chi connectivity index (χ4v) is 2.35. The Kier molecular flexibility index (Phi) is 5.18. The van der Waals surface area contributed by atoms with Crippen molar-refractivity contribution in [2.45, 2.75) is 20.1 Å². The van der Waals surface area contributed by atoms with E-state index in [1.54, 1.807) is 14.0 Å². The van der Waals surface area contributed by atoms with Gasteiger partial charge in [-0.2, -0.15) is 0 Å². The van der Waals surface area contributed by atoms with Gasteiger partial charge in [-0.1, -0.05) is 6.07 Å². The predicted molar refractivity (Wildman–Crippen MR) is 92.8 cm³/mol. The quantitative estimate of drug-likeness (QED) is 0.681. The number of aryl methyl sites for hydroxylation is 1. The number of pyridine rings is 1. The second-order valence-electron chi connectivity index (χ2n) is 5.46. The van der Waals surface area contributed by atoms with Crippen molar-refractivity contribution < 1.29 is 13.9 Å². The maximum absolute atomic E-state index is 12.4. The van der Waals surface area contributed by atoms with Crippen molar-refractivity contribution in [2.75, 3.05) is 12.8 Å². The molecule has 134 valence electrons. The first-order chi connectivity index (χ1) is 12.6. The standard InChI is InChI=1S/C17H18N6O3/c1-10-13(17-19-6-7-26-17)23-15(18)14(21-10)16(24)20-8-11-4-3-5-12(22-11)9-25-2/h3-7H,8-9H2,1-2H3,(H2,18,23)(H,20,24). The molecule has 9 nitrogen and oxygen atoms in total. The molecule has 0 aromatic carbocycles. The van der Waals surface area contributed by atoms with Crippen LogP contribution >= 0.6 is 0 Å². The van der Waals surface area contributed by atoms with Gasteiger partial charge in [0, 0.05) is 7.11 Å². The molecule has 0 aliphatic carbocycles. The summed E-state index contributed by atoms with van der Waals surface area (Å²) in [4.78, 5) is 29.3. The van der Waals surface area contributed by atoms with Gasteiger partial charge in [0.1, 0.15) is 12.0 Å². The number of aromatic nitrogens is 4. The Morgan fingerprint density at radius 3 is 2.81 bits per heavy atom. The minimum absolute atomic E-state index is 0.00222. The lowest BCUT2D eigenvalue weighted by molar-refractivity contribution is 0.0946. The van der Waals surface area contributed by atoms with Crippen LogP contribution in [0.3, 0.4) is 0 Å². The number of oxazole rings is 1. The van der Waals surface area contributed by atoms with Crippen molar-refractivity contribution in [3.63, 3.8) is 0 Å². The van der Waals surface area contributed by atoms with E-state index in [1.807, 2.05) is 18.2 Å². The van der Waals surface area contributed by atoms with E-state index in [4.69, 9.17) is 14.9 Å². The molecule has 0 atom stereocenters. The van der Waals surface area contributed by atoms with Gasteiger partial charge in [-0.05, 0) is 19.1 Å². The molecule has 0 bridgehead atoms. The number of amides is 1. The van der Waals surface area contributed by atoms with E-state index in [1.165, 1.54) is 12.5 Å². The van der Waals surface area contributed by atoms with E-state index in [-0.39, 0.29) is 18.1 Å². The lowest BCUT2D eigenvalue weighted by atomic mass is 10.2. The highest BCUT2D eigenvalue weighted by atomic mass is 16.5. The molecule has 1 amide bonds. The Balaban J connectivity index is 1.74. The monoisotopic (exact) mass is 354 g/mol. The molecule has 0 unspecified atom stereocenters. The number of carbonyl (C=O) groups is 1. The zero-order chi connectivity index (χ0) is 18.5. The maximum Gasteiger partial charge on any atom is 0.274 e. The SMILES string of the molecule is COCc1cccc(CNC(=O)c2nc(C)c(-c3ncco3)nc2N)n1. The van der Waals surface area contributed by atoms with Gasteiger partial charge in [0.05, 0.1) is 36.4 Å². The van der Waals surface area contributed by atoms with Gasteiger partial charge in [0.2, 0.25) is 5.89 Å². The number of methoxy groups -OCH3 is 1. The molecule has 3 N–H and O–H groups in total. The Labute approximate surface area is 149 Å². The van der Waals surface area contributed by atoms with Crippen molar-refractivity contribution in [1.29, 1.82) is 0 Å². The molecule has 3 aromatic heterocycles. The summed E-state index contributed by atoms with van der Waals surface area (Å²) in [5, 5.41) is 2.74. The molecule has 26 heavy (non-hydrogen) atoms. The van der Waals surface area contributed by atoms with E-state index in [0.29, 0.717) is 29.6 Å². The fraction of sp³-hybridized carbons (Fsp3) is 0.235. The van der Waals surface area contributed by atoms with Crippen LogP contribution in [-0.2, 0) is 17.9 Å². The summed E-state index contributed by atoms with van der Waals surface area (Å²) in [5.74, 6) is -0.133. The molecule has 0 radical (unpaired) electrons. The molecule has 3 aromatic rings. The summed E-state index contributed by atoms with van der Waals surface area (Å²) in [5.41, 5.74) is 8.32. The second kappa shape index (κ2) is 7.70. The van der Waals surface area contributed by atoms with E-state index < -0.39 is 5.91 Å². The van der Waals surface area contributed by atoms with Crippen molar-refractivity contribution in [2.24, 2.45) is 0 Å². The summed E-state index contributed by atoms with van der Waals surface area (Å²) >= 11 is 0. The molecular formula is C17H18N6O3. The lowest BCUT2D eigenvalue weighted by Gasteiger charge is -2.09. The van der Waals surface area contributed by atoms with Crippen LogP contribution in [0.5, 0.6) is 0 Å². The van der Waals surface area contributed by atoms with Crippen molar-refractivity contribution in [3.8, 4) is 11.6 Å². The average molecular weight is 354 g/mol. The minimum Gasteiger partial charge on any atom is -0.443 e. The Morgan fingerprint density at radius 1 is 1.27 bits per heavy atom. The number of ether oxygens (including phenoxy) is 1. The van der Waals surface area contributed by atoms with Crippen LogP contribution in [0.15, 0.2) is 35.1 Å². The third kappa shape index (κ3) is 3.83. The molecule has 3 rings (SSSR count). The van der Waals surface area contributed by atoms with Crippen LogP contribution in [-0.4, -0.2) is 33.0 Å². The largest absolute Gasteiger partial charge is 0.443 e. The molecular weight excluding hydrogens is 336 g/mol. The number of nitrogens with zero attached hydrogens (tertiary/aromatic N) is 4. The van der Waals surface area contributed by atoms with Crippen LogP contribution in [0, 0.1) is 6.92 Å². The Hall–Kier alpha value is -3.33. The lowest BCUT2D eigenvalue weighted by Crippen LogP contribution is -2.26. The zero-order valence-electron chi connectivity index (χ0n) is 14.4. The van der Waals surface area contributed by atoms with Gasteiger partial charge >= 0.3 is 0 Å². The number of carbonyl (C=O) groups excluding carboxylic acids is 1. The number of hydrogen-bond donors (Lipinski definition) is 2. The predicted octanol–water partition coefficient (Wildman–Crippen LogP) is 1.49. The van der Waals surface area contributed by atoms with Crippen molar-refractivity contribution in [1.82, 2.24) is 25.3 Å². The normalized spacial score (nSPS) is 10.7. The topological polar surface area (TPSA) is 129 Å². The van der Waals surface area contributed by atoms with Gasteiger partial charge in [0.15, 0.2) is 11.5 Å². The minimum atomic E-state index is -0.434. The summed E-state index contributed by atoms with van der Waals surface area (Å²) in [6.07, 6.45) is 2.93. The number of anilines is 1. The fourth-order valence-electron chi connectivity index (χ4n) is 2.35. The number of hydrogen-bond acceptors (Lipinski definition) is 8. The third-order valence-corrected chi connectivity index (χ3v) is 3.53. The third-order valence-electron chi connectivity index (χ3n) is 3.53. The molecule has 0 saturated carbocycles. The smallest absolute Gasteiger partial charge is 0.274 e. The molecule has 0 spiro atoms. The summed E-state index contributed by atoms with van der Waals surface area (Å²) in [7, 11) is 1.60. The second-order valence-corrected chi connectivity index (χ2v) is 5.46. The highest BCUT2D eigenvalue weighted by Crippen LogP contribution is 2.20. The van der Waals surface area contributed by atoms with Gasteiger partial charge in [0.25, 0.3) is 5.91 Å². The van der Waals surface area contributed by atoms with Crippen molar-refractivity contribution in [3.05, 3.63) is 53.4 Å². The molecule has 9 heteroatoms. The average Bonchev–Trinajstić information content (AvgIpc) is 3.16. The van der Waals surface area contributed by atoms with E-state index in [2.05, 4.69) is 25.3 Å². The molecule has 0 aliphatic rings. The Bertz CT molecular complexity index is 911. The number of nitrogen functional groups attached to an aromatic ring is 1. The van der Waals surface area contributed by atoms with Crippen molar-refractivity contribution >= 4 is 11.7 Å². The first-order valence-electron chi connectivity index (χ1n) is 7.84. The highest BCUT2D eigenvalue weighted by Gasteiger charge is 2.18. The van der Waals surface area contributed by atoms with Crippen LogP contribution in [0.2, 0.25) is 0 Å². The summed E-state index contributed by atoms with van der Waals surface area (Å²) in [6, 6.07) is 5.51. The number of nitrogens with two attached hydrogens (primary N) is 1. The molecule has 0 saturated heterocycles. The summed E-state index contributed by atoms with van der Waals surface area (Å²) in [6.45, 7) is 2.35. The van der Waals surface area contributed by atoms with Crippen LogP contribution in [0.4, 0.5) is 5.82 Å². The van der Waals surface area contributed by atoms with Gasteiger partial charge in [-0.3, -0.25) is 9.78 Å². The highest BCUT2D eigenvalue weighted by molar-refractivity contribution is 5.96. The van der Waals surface area contributed by atoms with Crippen LogP contribution in [0.25, 0.3) is 11.6 Å². The first kappa shape index (κ1) is 17.5. The zero-order valence-corrected chi connectivity index (χ0v) is 14.4. The molecule has 0 fully saturated rings. The summed E-state index contributed by atoms with van der Waals surface area (Å²) < 4.78 is 10.3. The van der Waals surface area contributed by atoms with E-state index in [0.717, 1.165) is 5.69 Å². The van der Waals surface area contributed by atoms with E-state index >= 15 is 0 Å². The van der Waals surface area contributed by atoms with Crippen LogP contribution in [0.1, 0.15) is 27.6 Å². The van der Waals surface area contributed by atoms with Crippen LogP contribution < -0.4 is 11.1 Å². The number of nitrogens with one attached hydrogen (secondary N) is 1. The Morgan fingerprint density at radius 2 is 2.08 bits per heavy atom. The van der Waals surface area contributed by atoms with Gasteiger partial charge in [-0.25, -0.2) is 15.0 Å². The first-order valence-corrected chi connectivity index (χ1v) is 7.84. The molecule has 3 heterocycles. The molecule has 0 aliphatic heterocycles. The van der Waals surface area contributed by atoms with Gasteiger partial charge in [-0.15, -0.1) is 0 Å². The van der Waals surface area contributed by atoms with E-state index in [9.17, 15) is 4.79 Å². The maximum atomic E-state index is 12.4. The number of rotatable bonds is 6.